The molecule has 0 aliphatic rings. The molecule has 0 saturated carbocycles. The minimum absolute atomic E-state index is 0.127. The molecule has 102 valence electrons. The number of nitrogens with zero attached hydrogens (tertiary/aromatic N) is 2. The Balaban J connectivity index is 2.87. The van der Waals surface area contributed by atoms with Crippen LogP contribution in [0.15, 0.2) is 15.5 Å². The van der Waals surface area contributed by atoms with Gasteiger partial charge in [0.15, 0.2) is 0 Å². The summed E-state index contributed by atoms with van der Waals surface area (Å²) in [5, 5.41) is 7.28. The molecule has 0 atom stereocenters. The summed E-state index contributed by atoms with van der Waals surface area (Å²) in [5.74, 6) is 0. The fourth-order valence-electron chi connectivity index (χ4n) is 1.58. The smallest absolute Gasteiger partial charge is 0.283 e. The molecule has 6 heteroatoms. The summed E-state index contributed by atoms with van der Waals surface area (Å²) in [5.41, 5.74) is 6.53. The Hall–Kier alpha value is -0.880. The zero-order chi connectivity index (χ0) is 13.8. The third-order valence-corrected chi connectivity index (χ3v) is 4.09. The Morgan fingerprint density at radius 3 is 2.56 bits per heavy atom. The van der Waals surface area contributed by atoms with Crippen LogP contribution in [0.5, 0.6) is 0 Å². The van der Waals surface area contributed by atoms with Gasteiger partial charge < -0.3 is 11.1 Å². The van der Waals surface area contributed by atoms with E-state index < -0.39 is 0 Å². The van der Waals surface area contributed by atoms with E-state index in [1.165, 1.54) is 4.68 Å². The van der Waals surface area contributed by atoms with Crippen LogP contribution in [0.3, 0.4) is 0 Å². The molecule has 0 aliphatic carbocycles. The van der Waals surface area contributed by atoms with Gasteiger partial charge in [0.05, 0.1) is 11.9 Å². The summed E-state index contributed by atoms with van der Waals surface area (Å²) in [6.45, 7) is 7.19. The molecular weight excluding hydrogens is 296 g/mol. The van der Waals surface area contributed by atoms with Crippen molar-refractivity contribution in [2.24, 2.45) is 5.73 Å². The largest absolute Gasteiger partial charge is 0.381 e. The predicted molar refractivity (Wildman–Crippen MR) is 77.9 cm³/mol. The fourth-order valence-corrected chi connectivity index (χ4v) is 2.03. The van der Waals surface area contributed by atoms with Crippen LogP contribution in [0, 0.1) is 0 Å². The highest BCUT2D eigenvalue weighted by atomic mass is 79.9. The second-order valence-corrected chi connectivity index (χ2v) is 5.21. The number of hydrogen-bond acceptors (Lipinski definition) is 4. The third kappa shape index (κ3) is 3.32. The summed E-state index contributed by atoms with van der Waals surface area (Å²) in [6, 6.07) is 0. The molecule has 3 N–H and O–H groups in total. The SMILES string of the molecule is CCn1ncc(NCC(N)(CC)CC)c(Br)c1=O. The summed E-state index contributed by atoms with van der Waals surface area (Å²) in [4.78, 5) is 11.9. The van der Waals surface area contributed by atoms with Crippen LogP contribution in [0.2, 0.25) is 0 Å². The van der Waals surface area contributed by atoms with Gasteiger partial charge in [0.25, 0.3) is 5.56 Å². The molecule has 0 radical (unpaired) electrons. The molecule has 18 heavy (non-hydrogen) atoms. The van der Waals surface area contributed by atoms with E-state index >= 15 is 0 Å². The molecular formula is C12H21BrN4O. The molecule has 0 aliphatic heterocycles. The number of aromatic nitrogens is 2. The first kappa shape index (κ1) is 15.2. The van der Waals surface area contributed by atoms with E-state index in [2.05, 4.69) is 40.2 Å². The summed E-state index contributed by atoms with van der Waals surface area (Å²) >= 11 is 3.31. The lowest BCUT2D eigenvalue weighted by molar-refractivity contribution is 0.418. The normalized spacial score (nSPS) is 11.6. The highest BCUT2D eigenvalue weighted by Crippen LogP contribution is 2.18. The number of nitrogens with one attached hydrogen (secondary N) is 1. The molecule has 0 bridgehead atoms. The number of anilines is 1. The molecule has 0 fully saturated rings. The van der Waals surface area contributed by atoms with E-state index in [0.29, 0.717) is 23.2 Å². The maximum atomic E-state index is 11.9. The van der Waals surface area contributed by atoms with Crippen LogP contribution >= 0.6 is 15.9 Å². The van der Waals surface area contributed by atoms with Crippen molar-refractivity contribution in [2.75, 3.05) is 11.9 Å². The Bertz CT molecular complexity index is 454. The molecule has 1 heterocycles. The van der Waals surface area contributed by atoms with Gasteiger partial charge in [0.1, 0.15) is 4.47 Å². The van der Waals surface area contributed by atoms with E-state index in [1.54, 1.807) is 6.20 Å². The van der Waals surface area contributed by atoms with Crippen molar-refractivity contribution >= 4 is 21.6 Å². The van der Waals surface area contributed by atoms with Crippen LogP contribution in [0.25, 0.3) is 0 Å². The van der Waals surface area contributed by atoms with Crippen molar-refractivity contribution in [3.05, 3.63) is 21.0 Å². The summed E-state index contributed by atoms with van der Waals surface area (Å²) in [6.07, 6.45) is 3.42. The second-order valence-electron chi connectivity index (χ2n) is 4.42. The molecule has 1 rings (SSSR count). The standard InChI is InChI=1S/C12H21BrN4O/c1-4-12(14,5-2)8-15-9-7-16-17(6-3)11(18)10(9)13/h7,15H,4-6,8,14H2,1-3H3. The highest BCUT2D eigenvalue weighted by Gasteiger charge is 2.20. The van der Waals surface area contributed by atoms with Crippen molar-refractivity contribution in [3.8, 4) is 0 Å². The minimum atomic E-state index is -0.251. The van der Waals surface area contributed by atoms with E-state index in [-0.39, 0.29) is 11.1 Å². The third-order valence-electron chi connectivity index (χ3n) is 3.32. The lowest BCUT2D eigenvalue weighted by Gasteiger charge is -2.27. The first-order valence-electron chi connectivity index (χ1n) is 6.25. The van der Waals surface area contributed by atoms with Crippen molar-refractivity contribution in [1.29, 1.82) is 0 Å². The molecule has 1 aromatic rings. The van der Waals surface area contributed by atoms with Gasteiger partial charge in [-0.2, -0.15) is 5.10 Å². The number of aryl methyl sites for hydroxylation is 1. The molecule has 0 aromatic carbocycles. The highest BCUT2D eigenvalue weighted by molar-refractivity contribution is 9.10. The monoisotopic (exact) mass is 316 g/mol. The summed E-state index contributed by atoms with van der Waals surface area (Å²) < 4.78 is 1.92. The number of rotatable bonds is 6. The molecule has 5 nitrogen and oxygen atoms in total. The zero-order valence-electron chi connectivity index (χ0n) is 11.2. The topological polar surface area (TPSA) is 72.9 Å². The van der Waals surface area contributed by atoms with Crippen LogP contribution in [0.4, 0.5) is 5.69 Å². The predicted octanol–water partition coefficient (Wildman–Crippen LogP) is 1.96. The van der Waals surface area contributed by atoms with Crippen molar-refractivity contribution in [2.45, 2.75) is 45.7 Å². The van der Waals surface area contributed by atoms with E-state index in [1.807, 2.05) is 6.92 Å². The number of hydrogen-bond donors (Lipinski definition) is 2. The van der Waals surface area contributed by atoms with E-state index in [0.717, 1.165) is 12.8 Å². The van der Waals surface area contributed by atoms with Gasteiger partial charge in [0, 0.05) is 18.6 Å². The van der Waals surface area contributed by atoms with Gasteiger partial charge in [-0.1, -0.05) is 13.8 Å². The lowest BCUT2D eigenvalue weighted by Crippen LogP contribution is -2.45. The molecule has 0 saturated heterocycles. The van der Waals surface area contributed by atoms with Gasteiger partial charge in [-0.3, -0.25) is 4.79 Å². The lowest BCUT2D eigenvalue weighted by atomic mass is 9.94. The van der Waals surface area contributed by atoms with Crippen LogP contribution in [-0.2, 0) is 6.54 Å². The maximum absolute atomic E-state index is 11.9. The van der Waals surface area contributed by atoms with Crippen molar-refractivity contribution < 1.29 is 0 Å². The van der Waals surface area contributed by atoms with Gasteiger partial charge in [-0.15, -0.1) is 0 Å². The van der Waals surface area contributed by atoms with Crippen molar-refractivity contribution in [1.82, 2.24) is 9.78 Å². The molecule has 0 amide bonds. The average molecular weight is 317 g/mol. The quantitative estimate of drug-likeness (QED) is 0.841. The van der Waals surface area contributed by atoms with Crippen LogP contribution < -0.4 is 16.6 Å². The van der Waals surface area contributed by atoms with Crippen molar-refractivity contribution in [3.63, 3.8) is 0 Å². The Morgan fingerprint density at radius 2 is 2.06 bits per heavy atom. The van der Waals surface area contributed by atoms with Gasteiger partial charge in [0.2, 0.25) is 0 Å². The van der Waals surface area contributed by atoms with E-state index in [4.69, 9.17) is 5.73 Å². The Morgan fingerprint density at radius 1 is 1.44 bits per heavy atom. The van der Waals surface area contributed by atoms with E-state index in [9.17, 15) is 4.79 Å². The fraction of sp³-hybridized carbons (Fsp3) is 0.667. The summed E-state index contributed by atoms with van der Waals surface area (Å²) in [7, 11) is 0. The Labute approximate surface area is 116 Å². The van der Waals surface area contributed by atoms with Gasteiger partial charge in [-0.05, 0) is 35.7 Å². The first-order chi connectivity index (χ1) is 8.47. The minimum Gasteiger partial charge on any atom is -0.381 e. The van der Waals surface area contributed by atoms with Gasteiger partial charge >= 0.3 is 0 Å². The van der Waals surface area contributed by atoms with Crippen LogP contribution in [-0.4, -0.2) is 21.9 Å². The van der Waals surface area contributed by atoms with Gasteiger partial charge in [-0.25, -0.2) is 4.68 Å². The molecule has 1 aromatic heterocycles. The zero-order valence-corrected chi connectivity index (χ0v) is 12.7. The number of halogens is 1. The molecule has 0 spiro atoms. The second kappa shape index (κ2) is 6.33. The first-order valence-corrected chi connectivity index (χ1v) is 7.05. The maximum Gasteiger partial charge on any atom is 0.283 e. The Kier molecular flexibility index (Phi) is 5.34. The molecule has 0 unspecified atom stereocenters. The average Bonchev–Trinajstić information content (AvgIpc) is 2.40. The number of nitrogens with two attached hydrogens (primary N) is 1. The van der Waals surface area contributed by atoms with Crippen LogP contribution in [0.1, 0.15) is 33.6 Å².